The van der Waals surface area contributed by atoms with E-state index in [4.69, 9.17) is 11.6 Å². The van der Waals surface area contributed by atoms with E-state index in [1.165, 1.54) is 0 Å². The molecule has 1 N–H and O–H groups in total. The summed E-state index contributed by atoms with van der Waals surface area (Å²) in [5.74, 6) is 0.0171. The van der Waals surface area contributed by atoms with E-state index in [0.717, 1.165) is 50.3 Å². The number of hydrogen-bond donors (Lipinski definition) is 1. The molecule has 1 aliphatic rings. The first-order chi connectivity index (χ1) is 14.1. The first-order valence-corrected chi connectivity index (χ1v) is 10.6. The van der Waals surface area contributed by atoms with Gasteiger partial charge in [-0.05, 0) is 36.2 Å². The van der Waals surface area contributed by atoms with E-state index in [2.05, 4.69) is 17.1 Å². The number of rotatable bonds is 7. The van der Waals surface area contributed by atoms with Crippen LogP contribution in [0.1, 0.15) is 37.1 Å². The van der Waals surface area contributed by atoms with Crippen molar-refractivity contribution in [2.45, 2.75) is 31.6 Å². The van der Waals surface area contributed by atoms with E-state index in [1.54, 1.807) is 0 Å². The summed E-state index contributed by atoms with van der Waals surface area (Å²) >= 11 is 6.28. The van der Waals surface area contributed by atoms with Gasteiger partial charge in [-0.25, -0.2) is 0 Å². The molecule has 0 aliphatic carbocycles. The lowest BCUT2D eigenvalue weighted by Gasteiger charge is -2.36. The number of carbonyl (C=O) groups is 2. The number of piperazine rings is 1. The van der Waals surface area contributed by atoms with Crippen molar-refractivity contribution >= 4 is 34.8 Å². The molecule has 2 aromatic rings. The number of halogens is 1. The van der Waals surface area contributed by atoms with Crippen molar-refractivity contribution in [2.75, 3.05) is 36.4 Å². The molecule has 1 heterocycles. The second-order valence-electron chi connectivity index (χ2n) is 7.28. The third kappa shape index (κ3) is 5.73. The zero-order valence-electron chi connectivity index (χ0n) is 16.8. The summed E-state index contributed by atoms with van der Waals surface area (Å²) in [5.41, 5.74) is 2.58. The van der Waals surface area contributed by atoms with Crippen LogP contribution in [0.15, 0.2) is 54.6 Å². The quantitative estimate of drug-likeness (QED) is 0.682. The summed E-state index contributed by atoms with van der Waals surface area (Å²) in [6, 6.07) is 17.1. The number of unbranched alkanes of at least 4 members (excludes halogenated alkanes) is 1. The Morgan fingerprint density at radius 1 is 1.00 bits per heavy atom. The second-order valence-corrected chi connectivity index (χ2v) is 7.72. The van der Waals surface area contributed by atoms with Crippen LogP contribution in [0, 0.1) is 0 Å². The molecule has 1 atom stereocenters. The molecule has 0 aromatic heterocycles. The van der Waals surface area contributed by atoms with E-state index in [9.17, 15) is 9.59 Å². The lowest BCUT2D eigenvalue weighted by Crippen LogP contribution is -2.48. The van der Waals surface area contributed by atoms with Crippen LogP contribution in [-0.2, 0) is 9.59 Å². The fourth-order valence-electron chi connectivity index (χ4n) is 3.43. The van der Waals surface area contributed by atoms with Crippen LogP contribution < -0.4 is 10.2 Å². The van der Waals surface area contributed by atoms with Gasteiger partial charge in [-0.3, -0.25) is 9.59 Å². The third-order valence-corrected chi connectivity index (χ3v) is 5.65. The first kappa shape index (κ1) is 21.2. The zero-order valence-corrected chi connectivity index (χ0v) is 17.6. The molecule has 5 nitrogen and oxygen atoms in total. The molecule has 2 amide bonds. The highest BCUT2D eigenvalue weighted by atomic mass is 35.5. The number of nitrogens with zero attached hydrogens (tertiary/aromatic N) is 2. The van der Waals surface area contributed by atoms with Gasteiger partial charge in [-0.15, -0.1) is 11.6 Å². The van der Waals surface area contributed by atoms with Crippen molar-refractivity contribution in [2.24, 2.45) is 0 Å². The number of anilines is 2. The summed E-state index contributed by atoms with van der Waals surface area (Å²) in [5, 5.41) is 2.14. The Morgan fingerprint density at radius 3 is 2.28 bits per heavy atom. The molecule has 0 spiro atoms. The van der Waals surface area contributed by atoms with Crippen LogP contribution in [0.3, 0.4) is 0 Å². The van der Waals surface area contributed by atoms with Crippen molar-refractivity contribution in [3.8, 4) is 0 Å². The van der Waals surface area contributed by atoms with Gasteiger partial charge < -0.3 is 15.1 Å². The SMILES string of the molecule is CCCCC(=O)N1CCN(c2ccc(NC(=O)[C@@H](Cl)c3ccccc3)cc2)CC1. The summed E-state index contributed by atoms with van der Waals surface area (Å²) in [6.07, 6.45) is 2.65. The Hall–Kier alpha value is -2.53. The van der Waals surface area contributed by atoms with Crippen LogP contribution in [-0.4, -0.2) is 42.9 Å². The number of carbonyl (C=O) groups excluding carboxylic acids is 2. The van der Waals surface area contributed by atoms with E-state index in [1.807, 2.05) is 59.5 Å². The zero-order chi connectivity index (χ0) is 20.6. The number of hydrogen-bond acceptors (Lipinski definition) is 3. The normalized spacial score (nSPS) is 15.1. The fraction of sp³-hybridized carbons (Fsp3) is 0.391. The first-order valence-electron chi connectivity index (χ1n) is 10.2. The van der Waals surface area contributed by atoms with E-state index in [-0.39, 0.29) is 11.8 Å². The summed E-state index contributed by atoms with van der Waals surface area (Å²) in [4.78, 5) is 28.8. The minimum absolute atomic E-state index is 0.246. The predicted octanol–water partition coefficient (Wildman–Crippen LogP) is 4.44. The molecule has 2 aromatic carbocycles. The predicted molar refractivity (Wildman–Crippen MR) is 118 cm³/mol. The van der Waals surface area contributed by atoms with Crippen LogP contribution >= 0.6 is 11.6 Å². The molecule has 6 heteroatoms. The maximum absolute atomic E-state index is 12.4. The Kier molecular flexibility index (Phi) is 7.53. The van der Waals surface area contributed by atoms with Gasteiger partial charge in [-0.2, -0.15) is 0 Å². The van der Waals surface area contributed by atoms with Gasteiger partial charge in [0, 0.05) is 44.0 Å². The second kappa shape index (κ2) is 10.3. The average molecular weight is 414 g/mol. The summed E-state index contributed by atoms with van der Waals surface area (Å²) < 4.78 is 0. The fourth-order valence-corrected chi connectivity index (χ4v) is 3.63. The number of benzene rings is 2. The lowest BCUT2D eigenvalue weighted by atomic mass is 10.1. The van der Waals surface area contributed by atoms with Crippen molar-refractivity contribution in [1.82, 2.24) is 4.90 Å². The van der Waals surface area contributed by atoms with Crippen molar-refractivity contribution in [3.05, 3.63) is 60.2 Å². The van der Waals surface area contributed by atoms with Gasteiger partial charge in [-0.1, -0.05) is 43.7 Å². The molecule has 1 fully saturated rings. The molecule has 1 aliphatic heterocycles. The van der Waals surface area contributed by atoms with Gasteiger partial charge in [0.15, 0.2) is 0 Å². The molecule has 29 heavy (non-hydrogen) atoms. The number of alkyl halides is 1. The van der Waals surface area contributed by atoms with Gasteiger partial charge in [0.05, 0.1) is 0 Å². The van der Waals surface area contributed by atoms with Crippen molar-refractivity contribution in [1.29, 1.82) is 0 Å². The van der Waals surface area contributed by atoms with Crippen LogP contribution in [0.2, 0.25) is 0 Å². The molecular weight excluding hydrogens is 386 g/mol. The average Bonchev–Trinajstić information content (AvgIpc) is 2.78. The molecular formula is C23H28ClN3O2. The van der Waals surface area contributed by atoms with Gasteiger partial charge in [0.2, 0.25) is 11.8 Å². The minimum atomic E-state index is -0.728. The standard InChI is InChI=1S/C23H28ClN3O2/c1-2-3-9-21(28)27-16-14-26(15-17-27)20-12-10-19(11-13-20)25-23(29)22(24)18-7-5-4-6-8-18/h4-8,10-13,22H,2-3,9,14-17H2,1H3,(H,25,29)/t22-/m0/s1. The number of nitrogens with one attached hydrogen (secondary N) is 1. The van der Waals surface area contributed by atoms with Gasteiger partial charge in [0.25, 0.3) is 0 Å². The van der Waals surface area contributed by atoms with Crippen molar-refractivity contribution in [3.63, 3.8) is 0 Å². The highest BCUT2D eigenvalue weighted by Crippen LogP contribution is 2.24. The molecule has 0 bridgehead atoms. The maximum Gasteiger partial charge on any atom is 0.246 e. The van der Waals surface area contributed by atoms with Crippen LogP contribution in [0.4, 0.5) is 11.4 Å². The summed E-state index contributed by atoms with van der Waals surface area (Å²) in [6.45, 7) is 5.26. The van der Waals surface area contributed by atoms with Crippen LogP contribution in [0.25, 0.3) is 0 Å². The molecule has 0 radical (unpaired) electrons. The van der Waals surface area contributed by atoms with Crippen molar-refractivity contribution < 1.29 is 9.59 Å². The minimum Gasteiger partial charge on any atom is -0.368 e. The lowest BCUT2D eigenvalue weighted by molar-refractivity contribution is -0.131. The third-order valence-electron chi connectivity index (χ3n) is 5.20. The Balaban J connectivity index is 1.52. The van der Waals surface area contributed by atoms with E-state index in [0.29, 0.717) is 12.1 Å². The van der Waals surface area contributed by atoms with E-state index < -0.39 is 5.38 Å². The van der Waals surface area contributed by atoms with Gasteiger partial charge >= 0.3 is 0 Å². The van der Waals surface area contributed by atoms with Crippen LogP contribution in [0.5, 0.6) is 0 Å². The molecule has 1 saturated heterocycles. The smallest absolute Gasteiger partial charge is 0.246 e. The largest absolute Gasteiger partial charge is 0.368 e. The molecule has 3 rings (SSSR count). The number of amides is 2. The maximum atomic E-state index is 12.4. The highest BCUT2D eigenvalue weighted by molar-refractivity contribution is 6.32. The Labute approximate surface area is 177 Å². The highest BCUT2D eigenvalue weighted by Gasteiger charge is 2.21. The topological polar surface area (TPSA) is 52.7 Å². The summed E-state index contributed by atoms with van der Waals surface area (Å²) in [7, 11) is 0. The van der Waals surface area contributed by atoms with Gasteiger partial charge in [0.1, 0.15) is 5.38 Å². The monoisotopic (exact) mass is 413 g/mol. The van der Waals surface area contributed by atoms with E-state index >= 15 is 0 Å². The Bertz CT molecular complexity index is 803. The Morgan fingerprint density at radius 2 is 1.66 bits per heavy atom. The molecule has 154 valence electrons. The molecule has 0 saturated carbocycles. The molecule has 0 unspecified atom stereocenters.